The van der Waals surface area contributed by atoms with Crippen LogP contribution in [-0.2, 0) is 4.79 Å². The first kappa shape index (κ1) is 8.09. The van der Waals surface area contributed by atoms with Crippen LogP contribution in [-0.4, -0.2) is 11.1 Å². The van der Waals surface area contributed by atoms with E-state index in [9.17, 15) is 4.79 Å². The third-order valence-electron chi connectivity index (χ3n) is 4.73. The molecule has 3 atom stereocenters. The molecule has 0 aromatic rings. The van der Waals surface area contributed by atoms with Crippen molar-refractivity contribution < 1.29 is 9.90 Å². The standard InChI is InChI=1S/C10H16O2/c1-9(2)6-4-5-10(9,3)7(6)8(11)12/h6-7H,4-5H2,1-3H3,(H,11,12)/t6-,7-,10+/m0/s1. The largest absolute Gasteiger partial charge is 0.481 e. The van der Waals surface area contributed by atoms with Crippen LogP contribution in [0.2, 0.25) is 0 Å². The van der Waals surface area contributed by atoms with Crippen molar-refractivity contribution in [2.24, 2.45) is 22.7 Å². The molecule has 3 aliphatic rings. The summed E-state index contributed by atoms with van der Waals surface area (Å²) in [5.74, 6) is -0.216. The average Bonchev–Trinajstić information content (AvgIpc) is 2.38. The second-order valence-corrected chi connectivity index (χ2v) is 5.10. The summed E-state index contributed by atoms with van der Waals surface area (Å²) in [5, 5.41) is 9.01. The molecule has 12 heavy (non-hydrogen) atoms. The van der Waals surface area contributed by atoms with Gasteiger partial charge in [0.1, 0.15) is 0 Å². The Bertz CT molecular complexity index is 244. The van der Waals surface area contributed by atoms with Crippen molar-refractivity contribution in [2.45, 2.75) is 33.6 Å². The fourth-order valence-corrected chi connectivity index (χ4v) is 3.49. The number of carboxylic acids is 1. The highest BCUT2D eigenvalue weighted by molar-refractivity contribution is 5.74. The number of carbonyl (C=O) groups is 1. The molecule has 0 unspecified atom stereocenters. The Morgan fingerprint density at radius 1 is 1.42 bits per heavy atom. The van der Waals surface area contributed by atoms with Gasteiger partial charge in [0.2, 0.25) is 0 Å². The van der Waals surface area contributed by atoms with Crippen LogP contribution in [0.1, 0.15) is 33.6 Å². The van der Waals surface area contributed by atoms with Gasteiger partial charge in [-0.3, -0.25) is 4.79 Å². The summed E-state index contributed by atoms with van der Waals surface area (Å²) >= 11 is 0. The first-order chi connectivity index (χ1) is 5.41. The molecule has 3 fully saturated rings. The van der Waals surface area contributed by atoms with Crippen molar-refractivity contribution in [1.82, 2.24) is 0 Å². The molecule has 1 N–H and O–H groups in total. The van der Waals surface area contributed by atoms with E-state index in [1.807, 2.05) is 0 Å². The zero-order valence-electron chi connectivity index (χ0n) is 7.92. The highest BCUT2D eigenvalue weighted by Gasteiger charge is 2.70. The Hall–Kier alpha value is -0.530. The monoisotopic (exact) mass is 168 g/mol. The number of fused-ring (bicyclic) bond motifs is 1. The summed E-state index contributed by atoms with van der Waals surface area (Å²) in [6.07, 6.45) is 2.21. The lowest BCUT2D eigenvalue weighted by Gasteiger charge is -2.57. The highest BCUT2D eigenvalue weighted by Crippen LogP contribution is 2.73. The molecule has 3 rings (SSSR count). The predicted molar refractivity (Wildman–Crippen MR) is 45.7 cm³/mol. The average molecular weight is 168 g/mol. The van der Waals surface area contributed by atoms with Crippen LogP contribution in [0, 0.1) is 22.7 Å². The Morgan fingerprint density at radius 3 is 2.17 bits per heavy atom. The summed E-state index contributed by atoms with van der Waals surface area (Å²) < 4.78 is 0. The van der Waals surface area contributed by atoms with E-state index in [0.717, 1.165) is 12.8 Å². The van der Waals surface area contributed by atoms with Crippen molar-refractivity contribution in [3.63, 3.8) is 0 Å². The molecule has 0 radical (unpaired) electrons. The molecule has 2 bridgehead atoms. The Kier molecular flexibility index (Phi) is 1.25. The summed E-state index contributed by atoms with van der Waals surface area (Å²) in [7, 11) is 0. The summed E-state index contributed by atoms with van der Waals surface area (Å²) in [6, 6.07) is 0. The molecular formula is C10H16O2. The number of rotatable bonds is 1. The van der Waals surface area contributed by atoms with E-state index >= 15 is 0 Å². The lowest BCUT2D eigenvalue weighted by atomic mass is 9.45. The van der Waals surface area contributed by atoms with Crippen LogP contribution in [0.4, 0.5) is 0 Å². The van der Waals surface area contributed by atoms with Crippen LogP contribution in [0.15, 0.2) is 0 Å². The van der Waals surface area contributed by atoms with E-state index < -0.39 is 5.97 Å². The first-order valence-electron chi connectivity index (χ1n) is 4.64. The van der Waals surface area contributed by atoms with Gasteiger partial charge >= 0.3 is 5.97 Å². The van der Waals surface area contributed by atoms with Crippen molar-refractivity contribution in [1.29, 1.82) is 0 Å². The smallest absolute Gasteiger partial charge is 0.307 e. The van der Waals surface area contributed by atoms with E-state index in [0.29, 0.717) is 5.92 Å². The number of hydrogen-bond acceptors (Lipinski definition) is 1. The van der Waals surface area contributed by atoms with Gasteiger partial charge in [0.05, 0.1) is 5.92 Å². The van der Waals surface area contributed by atoms with Gasteiger partial charge in [-0.2, -0.15) is 0 Å². The summed E-state index contributed by atoms with van der Waals surface area (Å²) in [4.78, 5) is 10.9. The van der Waals surface area contributed by atoms with Gasteiger partial charge in [-0.15, -0.1) is 0 Å². The van der Waals surface area contributed by atoms with E-state index in [1.54, 1.807) is 0 Å². The second kappa shape index (κ2) is 1.86. The van der Waals surface area contributed by atoms with Crippen LogP contribution in [0.5, 0.6) is 0 Å². The van der Waals surface area contributed by atoms with Gasteiger partial charge in [0, 0.05) is 0 Å². The van der Waals surface area contributed by atoms with E-state index in [1.165, 1.54) is 0 Å². The minimum atomic E-state index is -0.584. The second-order valence-electron chi connectivity index (χ2n) is 5.10. The van der Waals surface area contributed by atoms with Gasteiger partial charge in [0.15, 0.2) is 0 Å². The highest BCUT2D eigenvalue weighted by atomic mass is 16.4. The van der Waals surface area contributed by atoms with Crippen LogP contribution >= 0.6 is 0 Å². The molecule has 68 valence electrons. The molecule has 0 spiro atoms. The molecule has 0 aromatic heterocycles. The van der Waals surface area contributed by atoms with Crippen LogP contribution in [0.25, 0.3) is 0 Å². The topological polar surface area (TPSA) is 37.3 Å². The fraction of sp³-hybridized carbons (Fsp3) is 0.900. The van der Waals surface area contributed by atoms with Gasteiger partial charge in [-0.25, -0.2) is 0 Å². The maximum atomic E-state index is 10.9. The van der Waals surface area contributed by atoms with Crippen molar-refractivity contribution in [3.05, 3.63) is 0 Å². The molecule has 3 saturated carbocycles. The van der Waals surface area contributed by atoms with Gasteiger partial charge in [0.25, 0.3) is 0 Å². The van der Waals surface area contributed by atoms with E-state index in [-0.39, 0.29) is 16.7 Å². The zero-order valence-corrected chi connectivity index (χ0v) is 7.92. The molecule has 0 amide bonds. The molecule has 2 nitrogen and oxygen atoms in total. The molecule has 0 aliphatic heterocycles. The van der Waals surface area contributed by atoms with Crippen molar-refractivity contribution in [3.8, 4) is 0 Å². The summed E-state index contributed by atoms with van der Waals surface area (Å²) in [6.45, 7) is 6.56. The fourth-order valence-electron chi connectivity index (χ4n) is 3.49. The molecule has 0 aromatic carbocycles. The van der Waals surface area contributed by atoms with Crippen molar-refractivity contribution in [2.75, 3.05) is 0 Å². The molecule has 2 heteroatoms. The Morgan fingerprint density at radius 2 is 2.00 bits per heavy atom. The van der Waals surface area contributed by atoms with E-state index in [4.69, 9.17) is 5.11 Å². The minimum Gasteiger partial charge on any atom is -0.481 e. The van der Waals surface area contributed by atoms with Crippen LogP contribution in [0.3, 0.4) is 0 Å². The lowest BCUT2D eigenvalue weighted by Crippen LogP contribution is -2.57. The third kappa shape index (κ3) is 0.572. The van der Waals surface area contributed by atoms with Gasteiger partial charge in [-0.1, -0.05) is 20.8 Å². The Balaban J connectivity index is 2.33. The quantitative estimate of drug-likeness (QED) is 0.651. The predicted octanol–water partition coefficient (Wildman–Crippen LogP) is 2.14. The minimum absolute atomic E-state index is 0.0625. The van der Waals surface area contributed by atoms with E-state index in [2.05, 4.69) is 20.8 Å². The molecule has 0 heterocycles. The number of aliphatic carboxylic acids is 1. The molecular weight excluding hydrogens is 152 g/mol. The van der Waals surface area contributed by atoms with Gasteiger partial charge < -0.3 is 5.11 Å². The van der Waals surface area contributed by atoms with Crippen LogP contribution < -0.4 is 0 Å². The Labute approximate surface area is 73.0 Å². The third-order valence-corrected chi connectivity index (χ3v) is 4.73. The SMILES string of the molecule is CC1(C)[C@H]2CC[C@]1(C)[C@@H]2C(=O)O. The maximum absolute atomic E-state index is 10.9. The maximum Gasteiger partial charge on any atom is 0.307 e. The normalized spacial score (nSPS) is 48.6. The number of hydrogen-bond donors (Lipinski definition) is 1. The first-order valence-corrected chi connectivity index (χ1v) is 4.64. The number of carboxylic acid groups (broad SMARTS) is 1. The zero-order chi connectivity index (χ0) is 9.15. The molecule has 0 saturated heterocycles. The molecule has 3 aliphatic carbocycles. The van der Waals surface area contributed by atoms with Gasteiger partial charge in [-0.05, 0) is 29.6 Å². The van der Waals surface area contributed by atoms with Crippen molar-refractivity contribution >= 4 is 5.97 Å². The summed E-state index contributed by atoms with van der Waals surface area (Å²) in [5.41, 5.74) is 0.333. The lowest BCUT2D eigenvalue weighted by molar-refractivity contribution is -0.177.